The van der Waals surface area contributed by atoms with Gasteiger partial charge in [0.1, 0.15) is 5.82 Å². The van der Waals surface area contributed by atoms with E-state index in [4.69, 9.17) is 4.74 Å². The molecule has 178 valence electrons. The molecule has 7 heteroatoms. The van der Waals surface area contributed by atoms with Gasteiger partial charge in [0.25, 0.3) is 0 Å². The van der Waals surface area contributed by atoms with Gasteiger partial charge in [-0.25, -0.2) is 0 Å². The maximum absolute atomic E-state index is 5.81. The molecule has 4 rings (SSSR count). The minimum atomic E-state index is 0. The first kappa shape index (κ1) is 25.8. The van der Waals surface area contributed by atoms with E-state index in [-0.39, 0.29) is 1.43 Å². The molecule has 0 saturated carbocycles. The number of hydrazone groups is 1. The lowest BCUT2D eigenvalue weighted by atomic mass is 10.2. The van der Waals surface area contributed by atoms with Crippen LogP contribution in [-0.4, -0.2) is 40.9 Å². The molecule has 1 aromatic carbocycles. The van der Waals surface area contributed by atoms with Crippen LogP contribution in [0.15, 0.2) is 59.8 Å². The van der Waals surface area contributed by atoms with Gasteiger partial charge in [0.05, 0.1) is 12.8 Å². The highest BCUT2D eigenvalue weighted by atomic mass is 16.5. The van der Waals surface area contributed by atoms with Crippen LogP contribution in [0.4, 0.5) is 11.6 Å². The molecule has 0 radical (unpaired) electrons. The topological polar surface area (TPSA) is 75.5 Å². The fourth-order valence-electron chi connectivity index (χ4n) is 2.96. The normalized spacial score (nSPS) is 12.1. The molecule has 0 spiro atoms. The first-order valence-corrected chi connectivity index (χ1v) is 11.8. The second kappa shape index (κ2) is 14.6. The zero-order valence-electron chi connectivity index (χ0n) is 20.5. The first-order chi connectivity index (χ1) is 16.3. The number of aromatic nitrogens is 3. The third-order valence-electron chi connectivity index (χ3n) is 4.62. The average Bonchev–Trinajstić information content (AvgIpc) is 2.81. The molecule has 1 aliphatic heterocycles. The summed E-state index contributed by atoms with van der Waals surface area (Å²) in [6, 6.07) is 16.3. The fraction of sp³-hybridized carbons (Fsp3) is 0.385. The van der Waals surface area contributed by atoms with Crippen LogP contribution in [0, 0.1) is 6.92 Å². The molecule has 0 unspecified atom stereocenters. The summed E-state index contributed by atoms with van der Waals surface area (Å²) in [7, 11) is 0. The minimum absolute atomic E-state index is 0. The number of ether oxygens (including phenoxy) is 1. The van der Waals surface area contributed by atoms with Crippen LogP contribution in [0.1, 0.15) is 52.4 Å². The summed E-state index contributed by atoms with van der Waals surface area (Å²) < 4.78 is 5.81. The van der Waals surface area contributed by atoms with Crippen LogP contribution in [0.25, 0.3) is 0 Å². The molecule has 1 N–H and O–H groups in total. The average molecular weight is 451 g/mol. The maximum atomic E-state index is 5.81. The number of anilines is 2. The molecule has 2 aromatic heterocycles. The highest BCUT2D eigenvalue weighted by Gasteiger charge is 2.18. The largest absolute Gasteiger partial charge is 0.463 e. The van der Waals surface area contributed by atoms with E-state index >= 15 is 0 Å². The number of hydrogen-bond acceptors (Lipinski definition) is 7. The van der Waals surface area contributed by atoms with Gasteiger partial charge in [-0.15, -0.1) is 0 Å². The van der Waals surface area contributed by atoms with Gasteiger partial charge in [0, 0.05) is 38.9 Å². The van der Waals surface area contributed by atoms with Crippen LogP contribution < -0.4 is 15.1 Å². The quantitative estimate of drug-likeness (QED) is 0.347. The Bertz CT molecular complexity index is 980. The molecule has 0 atom stereocenters. The van der Waals surface area contributed by atoms with E-state index in [1.165, 1.54) is 12.0 Å². The summed E-state index contributed by atoms with van der Waals surface area (Å²) in [5.74, 6) is 1.46. The maximum Gasteiger partial charge on any atom is 0.320 e. The van der Waals surface area contributed by atoms with E-state index in [9.17, 15) is 0 Å². The number of pyridine rings is 1. The Morgan fingerprint density at radius 3 is 2.55 bits per heavy atom. The number of nitrogens with one attached hydrogen (secondary N) is 1. The Hall–Kier alpha value is -3.48. The lowest BCUT2D eigenvalue weighted by Gasteiger charge is -2.32. The fourth-order valence-corrected chi connectivity index (χ4v) is 2.96. The van der Waals surface area contributed by atoms with E-state index in [0.717, 1.165) is 30.2 Å². The highest BCUT2D eigenvalue weighted by Crippen LogP contribution is 2.23. The van der Waals surface area contributed by atoms with Crippen molar-refractivity contribution < 1.29 is 6.16 Å². The smallest absolute Gasteiger partial charge is 0.320 e. The number of rotatable bonds is 8. The molecule has 0 aliphatic carbocycles. The summed E-state index contributed by atoms with van der Waals surface area (Å²) in [6.45, 7) is 12.5. The van der Waals surface area contributed by atoms with Gasteiger partial charge in [0.2, 0.25) is 0 Å². The molecule has 33 heavy (non-hydrogen) atoms. The monoisotopic (exact) mass is 450 g/mol. The molecular formula is C26H38N6O. The molecule has 1 aliphatic rings. The summed E-state index contributed by atoms with van der Waals surface area (Å²) in [5.41, 5.74) is 6.21. The second-order valence-electron chi connectivity index (χ2n) is 6.94. The van der Waals surface area contributed by atoms with Crippen LogP contribution >= 0.6 is 0 Å². The molecule has 0 amide bonds. The van der Waals surface area contributed by atoms with Crippen molar-refractivity contribution in [2.75, 3.05) is 30.0 Å². The van der Waals surface area contributed by atoms with Crippen LogP contribution in [0.2, 0.25) is 0 Å². The van der Waals surface area contributed by atoms with Crippen LogP contribution in [-0.2, 0) is 6.42 Å². The van der Waals surface area contributed by atoms with E-state index in [2.05, 4.69) is 49.4 Å². The van der Waals surface area contributed by atoms with E-state index < -0.39 is 0 Å². The third kappa shape index (κ3) is 8.52. The van der Waals surface area contributed by atoms with Crippen LogP contribution in [0.5, 0.6) is 6.01 Å². The molecule has 1 fully saturated rings. The predicted molar refractivity (Wildman–Crippen MR) is 140 cm³/mol. The summed E-state index contributed by atoms with van der Waals surface area (Å²) in [5, 5.41) is 4.32. The molecular weight excluding hydrogens is 412 g/mol. The zero-order chi connectivity index (χ0) is 23.9. The molecule has 7 nitrogen and oxygen atoms in total. The Morgan fingerprint density at radius 2 is 1.88 bits per heavy atom. The van der Waals surface area contributed by atoms with Crippen LogP contribution in [0.3, 0.4) is 0 Å². The SMILES string of the molecule is CC.CC.Cc1cccc(/C=N/Nc2cc(N3CCC3)nc(OCCc3ccccn3)n2)c1.[HH]. The van der Waals surface area contributed by atoms with E-state index in [1.807, 2.05) is 64.1 Å². The summed E-state index contributed by atoms with van der Waals surface area (Å²) >= 11 is 0. The number of hydrogen-bond donors (Lipinski definition) is 1. The van der Waals surface area contributed by atoms with Gasteiger partial charge in [-0.2, -0.15) is 15.1 Å². The molecule has 1 saturated heterocycles. The van der Waals surface area contributed by atoms with Crippen molar-refractivity contribution >= 4 is 17.9 Å². The van der Waals surface area contributed by atoms with Crippen molar-refractivity contribution in [3.05, 3.63) is 71.5 Å². The van der Waals surface area contributed by atoms with Gasteiger partial charge in [0.15, 0.2) is 5.82 Å². The Balaban J connectivity index is 0.00000110. The van der Waals surface area contributed by atoms with Crippen molar-refractivity contribution in [3.8, 4) is 6.01 Å². The summed E-state index contributed by atoms with van der Waals surface area (Å²) in [6.07, 6.45) is 5.44. The van der Waals surface area contributed by atoms with Gasteiger partial charge >= 0.3 is 6.01 Å². The minimum Gasteiger partial charge on any atom is -0.463 e. The van der Waals surface area contributed by atoms with Crippen molar-refractivity contribution in [1.29, 1.82) is 0 Å². The number of nitrogens with zero attached hydrogens (tertiary/aromatic N) is 5. The van der Waals surface area contributed by atoms with Crippen molar-refractivity contribution in [1.82, 2.24) is 15.0 Å². The van der Waals surface area contributed by atoms with Crippen molar-refractivity contribution in [2.24, 2.45) is 5.10 Å². The predicted octanol–water partition coefficient (Wildman–Crippen LogP) is 5.76. The second-order valence-corrected chi connectivity index (χ2v) is 6.94. The Kier molecular flexibility index (Phi) is 11.4. The van der Waals surface area contributed by atoms with Gasteiger partial charge in [-0.05, 0) is 31.0 Å². The van der Waals surface area contributed by atoms with Crippen molar-refractivity contribution in [3.63, 3.8) is 0 Å². The zero-order valence-corrected chi connectivity index (χ0v) is 20.5. The third-order valence-corrected chi connectivity index (χ3v) is 4.62. The van der Waals surface area contributed by atoms with Gasteiger partial charge in [-0.3, -0.25) is 10.4 Å². The molecule has 3 aromatic rings. The Labute approximate surface area is 199 Å². The highest BCUT2D eigenvalue weighted by molar-refractivity contribution is 5.80. The lowest BCUT2D eigenvalue weighted by molar-refractivity contribution is 0.295. The molecule has 3 heterocycles. The first-order valence-electron chi connectivity index (χ1n) is 11.8. The van der Waals surface area contributed by atoms with Gasteiger partial charge in [-0.1, -0.05) is 63.6 Å². The number of benzene rings is 1. The van der Waals surface area contributed by atoms with Gasteiger partial charge < -0.3 is 9.64 Å². The molecule has 0 bridgehead atoms. The standard InChI is InChI=1S/C22H24N6O.2C2H6.H2/c1-17-6-4-7-18(14-17)16-24-27-20-15-21(28-11-5-12-28)26-22(25-20)29-13-9-19-8-2-3-10-23-19;2*1-2;/h2-4,6-8,10,14-16H,5,9,11-13H2,1H3,(H,25,26,27);2*1-2H3;1H/b24-16+;;;. The lowest BCUT2D eigenvalue weighted by Crippen LogP contribution is -2.37. The number of aryl methyl sites for hydroxylation is 1. The Morgan fingerprint density at radius 1 is 1.06 bits per heavy atom. The van der Waals surface area contributed by atoms with E-state index in [1.54, 1.807) is 12.4 Å². The van der Waals surface area contributed by atoms with E-state index in [0.29, 0.717) is 24.9 Å². The summed E-state index contributed by atoms with van der Waals surface area (Å²) in [4.78, 5) is 15.5. The van der Waals surface area contributed by atoms with Crippen molar-refractivity contribution in [2.45, 2.75) is 47.5 Å².